The lowest BCUT2D eigenvalue weighted by Crippen LogP contribution is -2.34. The van der Waals surface area contributed by atoms with Crippen molar-refractivity contribution in [1.29, 1.82) is 5.26 Å². The minimum atomic E-state index is -0.428. The maximum absolute atomic E-state index is 13.1. The number of hydrogen-bond acceptors (Lipinski definition) is 5. The van der Waals surface area contributed by atoms with E-state index in [4.69, 9.17) is 5.26 Å². The maximum Gasteiger partial charge on any atom is 0.251 e. The van der Waals surface area contributed by atoms with Gasteiger partial charge in [-0.1, -0.05) is 42.5 Å². The molecule has 3 aromatic rings. The molecule has 7 nitrogen and oxygen atoms in total. The van der Waals surface area contributed by atoms with Gasteiger partial charge < -0.3 is 10.6 Å². The molecule has 0 spiro atoms. The van der Waals surface area contributed by atoms with Crippen molar-refractivity contribution in [1.82, 2.24) is 20.1 Å². The number of carbonyl (C=O) groups excluding carboxylic acids is 1. The van der Waals surface area contributed by atoms with Crippen molar-refractivity contribution in [2.45, 2.75) is 19.5 Å². The van der Waals surface area contributed by atoms with Gasteiger partial charge in [-0.3, -0.25) is 4.79 Å². The van der Waals surface area contributed by atoms with Gasteiger partial charge in [-0.15, -0.1) is 0 Å². The third-order valence-corrected chi connectivity index (χ3v) is 4.69. The summed E-state index contributed by atoms with van der Waals surface area (Å²) in [5, 5.41) is 19.5. The highest BCUT2D eigenvalue weighted by molar-refractivity contribution is 5.96. The number of amides is 1. The lowest BCUT2D eigenvalue weighted by molar-refractivity contribution is -0.118. The van der Waals surface area contributed by atoms with E-state index in [9.17, 15) is 4.79 Å². The summed E-state index contributed by atoms with van der Waals surface area (Å²) in [5.74, 6) is 0.399. The van der Waals surface area contributed by atoms with E-state index in [1.807, 2.05) is 49.4 Å². The second-order valence-electron chi connectivity index (χ2n) is 6.50. The van der Waals surface area contributed by atoms with Crippen LogP contribution in [0.25, 0.3) is 0 Å². The van der Waals surface area contributed by atoms with Crippen LogP contribution < -0.4 is 10.6 Å². The molecule has 0 fully saturated rings. The number of allylic oxidation sites excluding steroid dienone is 1. The zero-order chi connectivity index (χ0) is 19.5. The Morgan fingerprint density at radius 2 is 1.96 bits per heavy atom. The molecule has 1 aliphatic heterocycles. The van der Waals surface area contributed by atoms with Crippen LogP contribution in [-0.4, -0.2) is 20.7 Å². The fourth-order valence-electron chi connectivity index (χ4n) is 3.31. The maximum atomic E-state index is 13.1. The van der Waals surface area contributed by atoms with E-state index >= 15 is 0 Å². The molecule has 0 radical (unpaired) electrons. The first-order valence-electron chi connectivity index (χ1n) is 8.87. The highest BCUT2D eigenvalue weighted by Gasteiger charge is 2.33. The van der Waals surface area contributed by atoms with Crippen molar-refractivity contribution in [2.24, 2.45) is 0 Å². The third kappa shape index (κ3) is 3.23. The number of nitrogens with zero attached hydrogens (tertiary/aromatic N) is 4. The largest absolute Gasteiger partial charge is 0.348 e. The molecule has 1 atom stereocenters. The predicted molar refractivity (Wildman–Crippen MR) is 104 cm³/mol. The molecule has 138 valence electrons. The first kappa shape index (κ1) is 17.5. The van der Waals surface area contributed by atoms with Crippen molar-refractivity contribution in [3.63, 3.8) is 0 Å². The number of nitriles is 1. The zero-order valence-electron chi connectivity index (χ0n) is 15.3. The zero-order valence-corrected chi connectivity index (χ0v) is 15.3. The smallest absolute Gasteiger partial charge is 0.251 e. The molecule has 1 amide bonds. The van der Waals surface area contributed by atoms with Gasteiger partial charge in [-0.2, -0.15) is 15.3 Å². The molecule has 2 aromatic carbocycles. The summed E-state index contributed by atoms with van der Waals surface area (Å²) < 4.78 is 1.69. The number of hydrogen-bond donors (Lipinski definition) is 2. The summed E-state index contributed by atoms with van der Waals surface area (Å²) in [6, 6.07) is 18.6. The number of nitrogens with one attached hydrogen (secondary N) is 2. The summed E-state index contributed by atoms with van der Waals surface area (Å²) >= 11 is 0. The predicted octanol–water partition coefficient (Wildman–Crippen LogP) is 2.76. The third-order valence-electron chi connectivity index (χ3n) is 4.69. The van der Waals surface area contributed by atoms with Crippen LogP contribution in [0.15, 0.2) is 72.2 Å². The number of carbonyl (C=O) groups is 1. The van der Waals surface area contributed by atoms with Crippen LogP contribution >= 0.6 is 0 Å². The summed E-state index contributed by atoms with van der Waals surface area (Å²) in [4.78, 5) is 17.3. The minimum absolute atomic E-state index is 0.177. The molecule has 1 aliphatic rings. The topological polar surface area (TPSA) is 95.6 Å². The molecule has 0 bridgehead atoms. The average Bonchev–Trinajstić information content (AvgIpc) is 3.20. The lowest BCUT2D eigenvalue weighted by atomic mass is 9.94. The molecule has 0 aliphatic carbocycles. The van der Waals surface area contributed by atoms with Gasteiger partial charge in [0.1, 0.15) is 12.4 Å². The monoisotopic (exact) mass is 370 g/mol. The Labute approximate surface area is 162 Å². The van der Waals surface area contributed by atoms with Crippen LogP contribution in [0.4, 0.5) is 5.95 Å². The summed E-state index contributed by atoms with van der Waals surface area (Å²) in [7, 11) is 0. The second kappa shape index (κ2) is 7.37. The molecule has 0 saturated carbocycles. The van der Waals surface area contributed by atoms with Crippen LogP contribution in [0.5, 0.6) is 0 Å². The molecule has 1 aromatic heterocycles. The van der Waals surface area contributed by atoms with E-state index in [2.05, 4.69) is 26.8 Å². The molecule has 7 heteroatoms. The van der Waals surface area contributed by atoms with Crippen molar-refractivity contribution in [2.75, 3.05) is 5.32 Å². The molecule has 0 unspecified atom stereocenters. The minimum Gasteiger partial charge on any atom is -0.348 e. The SMILES string of the molecule is CC1=C(C(=O)NCc2ccccc2)[C@@H](c2ccc(C#N)cc2)n2ncnc2N1. The molecule has 0 saturated heterocycles. The highest BCUT2D eigenvalue weighted by Crippen LogP contribution is 2.34. The Bertz CT molecular complexity index is 1080. The van der Waals surface area contributed by atoms with E-state index in [0.717, 1.165) is 16.8 Å². The fraction of sp³-hybridized carbons (Fsp3) is 0.143. The van der Waals surface area contributed by atoms with Crippen molar-refractivity contribution < 1.29 is 4.79 Å². The van der Waals surface area contributed by atoms with E-state index in [0.29, 0.717) is 23.6 Å². The normalized spacial score (nSPS) is 15.4. The van der Waals surface area contributed by atoms with Gasteiger partial charge in [0.15, 0.2) is 0 Å². The van der Waals surface area contributed by atoms with Crippen molar-refractivity contribution in [3.8, 4) is 6.07 Å². The van der Waals surface area contributed by atoms with Crippen molar-refractivity contribution in [3.05, 3.63) is 88.9 Å². The number of rotatable bonds is 4. The van der Waals surface area contributed by atoms with E-state index in [-0.39, 0.29) is 5.91 Å². The van der Waals surface area contributed by atoms with Gasteiger partial charge in [0, 0.05) is 12.2 Å². The number of anilines is 1. The Hall–Kier alpha value is -3.92. The van der Waals surface area contributed by atoms with Gasteiger partial charge in [-0.25, -0.2) is 4.68 Å². The summed E-state index contributed by atoms with van der Waals surface area (Å²) in [6.07, 6.45) is 1.46. The van der Waals surface area contributed by atoms with E-state index in [1.54, 1.807) is 16.8 Å². The standard InChI is InChI=1S/C21H18N6O/c1-14-18(20(28)23-12-16-5-3-2-4-6-16)19(27-21(26-14)24-13-25-27)17-9-7-15(11-22)8-10-17/h2-10,13,19H,12H2,1H3,(H,23,28)(H,24,25,26)/t19-/m1/s1. The van der Waals surface area contributed by atoms with Gasteiger partial charge >= 0.3 is 0 Å². The van der Waals surface area contributed by atoms with Crippen LogP contribution in [0, 0.1) is 11.3 Å². The Kier molecular flexibility index (Phi) is 4.60. The Balaban J connectivity index is 1.68. The van der Waals surface area contributed by atoms with Gasteiger partial charge in [-0.05, 0) is 30.2 Å². The van der Waals surface area contributed by atoms with Gasteiger partial charge in [0.2, 0.25) is 5.95 Å². The van der Waals surface area contributed by atoms with Crippen LogP contribution in [-0.2, 0) is 11.3 Å². The van der Waals surface area contributed by atoms with Crippen molar-refractivity contribution >= 4 is 11.9 Å². The van der Waals surface area contributed by atoms with Gasteiger partial charge in [0.05, 0.1) is 17.2 Å². The van der Waals surface area contributed by atoms with Crippen LogP contribution in [0.2, 0.25) is 0 Å². The molecular formula is C21H18N6O. The number of benzene rings is 2. The first-order chi connectivity index (χ1) is 13.7. The molecule has 2 heterocycles. The van der Waals surface area contributed by atoms with Crippen LogP contribution in [0.3, 0.4) is 0 Å². The lowest BCUT2D eigenvalue weighted by Gasteiger charge is -2.28. The fourth-order valence-corrected chi connectivity index (χ4v) is 3.31. The number of fused-ring (bicyclic) bond motifs is 1. The summed E-state index contributed by atoms with van der Waals surface area (Å²) in [5.41, 5.74) is 3.73. The van der Waals surface area contributed by atoms with Gasteiger partial charge in [0.25, 0.3) is 5.91 Å². The quantitative estimate of drug-likeness (QED) is 0.736. The molecule has 2 N–H and O–H groups in total. The first-order valence-corrected chi connectivity index (χ1v) is 8.87. The van der Waals surface area contributed by atoms with Crippen LogP contribution in [0.1, 0.15) is 29.7 Å². The Morgan fingerprint density at radius 1 is 1.21 bits per heavy atom. The summed E-state index contributed by atoms with van der Waals surface area (Å²) in [6.45, 7) is 2.28. The number of aromatic nitrogens is 3. The molecular weight excluding hydrogens is 352 g/mol. The molecule has 28 heavy (non-hydrogen) atoms. The average molecular weight is 370 g/mol. The van der Waals surface area contributed by atoms with E-state index in [1.165, 1.54) is 6.33 Å². The molecule has 4 rings (SSSR count). The highest BCUT2D eigenvalue weighted by atomic mass is 16.1. The Morgan fingerprint density at radius 3 is 2.68 bits per heavy atom. The van der Waals surface area contributed by atoms with E-state index < -0.39 is 6.04 Å². The second-order valence-corrected chi connectivity index (χ2v) is 6.50.